The molecule has 2 rings (SSSR count). The van der Waals surface area contributed by atoms with E-state index in [2.05, 4.69) is 10.2 Å². The zero-order chi connectivity index (χ0) is 11.9. The summed E-state index contributed by atoms with van der Waals surface area (Å²) in [5, 5.41) is 7.26. The zero-order valence-electron chi connectivity index (χ0n) is 8.92. The van der Waals surface area contributed by atoms with Crippen molar-refractivity contribution in [1.29, 1.82) is 0 Å². The van der Waals surface area contributed by atoms with Crippen LogP contribution in [-0.2, 0) is 20.8 Å². The van der Waals surface area contributed by atoms with Crippen LogP contribution in [0.4, 0.5) is 0 Å². The molecule has 6 nitrogen and oxygen atoms in total. The molecule has 1 saturated carbocycles. The van der Waals surface area contributed by atoms with Gasteiger partial charge in [-0.1, -0.05) is 0 Å². The van der Waals surface area contributed by atoms with Crippen LogP contribution >= 0.6 is 10.7 Å². The lowest BCUT2D eigenvalue weighted by atomic mass is 9.81. The highest BCUT2D eigenvalue weighted by Gasteiger charge is 2.35. The fourth-order valence-corrected chi connectivity index (χ4v) is 2.83. The van der Waals surface area contributed by atoms with Gasteiger partial charge in [0.2, 0.25) is 0 Å². The molecule has 0 saturated heterocycles. The minimum absolute atomic E-state index is 0.203. The van der Waals surface area contributed by atoms with Gasteiger partial charge in [-0.15, -0.1) is 10.2 Å². The highest BCUT2D eigenvalue weighted by atomic mass is 35.7. The van der Waals surface area contributed by atoms with E-state index in [0.717, 1.165) is 12.8 Å². The van der Waals surface area contributed by atoms with Crippen molar-refractivity contribution >= 4 is 19.7 Å². The van der Waals surface area contributed by atoms with E-state index < -0.39 is 9.05 Å². The van der Waals surface area contributed by atoms with Crippen molar-refractivity contribution < 1.29 is 13.2 Å². The largest absolute Gasteiger partial charge is 0.381 e. The van der Waals surface area contributed by atoms with E-state index >= 15 is 0 Å². The summed E-state index contributed by atoms with van der Waals surface area (Å²) < 4.78 is 28.8. The molecule has 1 aliphatic carbocycles. The van der Waals surface area contributed by atoms with Gasteiger partial charge in [0.25, 0.3) is 14.2 Å². The van der Waals surface area contributed by atoms with Crippen molar-refractivity contribution in [3.05, 3.63) is 5.82 Å². The maximum absolute atomic E-state index is 11.1. The first kappa shape index (κ1) is 11.8. The molecule has 8 heteroatoms. The Morgan fingerprint density at radius 3 is 2.50 bits per heavy atom. The number of aromatic nitrogens is 3. The quantitative estimate of drug-likeness (QED) is 0.750. The molecule has 1 aliphatic rings. The standard InChI is InChI=1S/C8H12ClN3O3S/c1-12-7(5-3-6(4-5)15-2)10-11-8(12)16(9,13)14/h5-6H,3-4H2,1-2H3. The normalized spacial score (nSPS) is 25.4. The lowest BCUT2D eigenvalue weighted by molar-refractivity contribution is 0.0228. The van der Waals surface area contributed by atoms with Gasteiger partial charge in [0.05, 0.1) is 6.10 Å². The third kappa shape index (κ3) is 1.94. The molecule has 1 aromatic heterocycles. The van der Waals surface area contributed by atoms with Gasteiger partial charge in [-0.3, -0.25) is 0 Å². The van der Waals surface area contributed by atoms with Gasteiger partial charge < -0.3 is 9.30 Å². The van der Waals surface area contributed by atoms with E-state index in [4.69, 9.17) is 15.4 Å². The Labute approximate surface area is 98.0 Å². The zero-order valence-corrected chi connectivity index (χ0v) is 10.5. The van der Waals surface area contributed by atoms with Crippen molar-refractivity contribution in [3.63, 3.8) is 0 Å². The summed E-state index contributed by atoms with van der Waals surface area (Å²) >= 11 is 0. The van der Waals surface area contributed by atoms with Gasteiger partial charge in [-0.05, 0) is 12.8 Å². The lowest BCUT2D eigenvalue weighted by Gasteiger charge is -2.33. The Morgan fingerprint density at radius 2 is 2.06 bits per heavy atom. The third-order valence-corrected chi connectivity index (χ3v) is 4.09. The summed E-state index contributed by atoms with van der Waals surface area (Å²) in [6.45, 7) is 0. The molecule has 0 spiro atoms. The van der Waals surface area contributed by atoms with E-state index in [1.807, 2.05) is 0 Å². The van der Waals surface area contributed by atoms with Crippen molar-refractivity contribution in [1.82, 2.24) is 14.8 Å². The molecule has 1 fully saturated rings. The van der Waals surface area contributed by atoms with Crippen LogP contribution in [0.25, 0.3) is 0 Å². The number of nitrogens with zero attached hydrogens (tertiary/aromatic N) is 3. The van der Waals surface area contributed by atoms with Gasteiger partial charge in [0.15, 0.2) is 0 Å². The van der Waals surface area contributed by atoms with Crippen LogP contribution < -0.4 is 0 Å². The fourth-order valence-electron chi connectivity index (χ4n) is 1.86. The Hall–Kier alpha value is -0.660. The molecule has 0 bridgehead atoms. The third-order valence-electron chi connectivity index (χ3n) is 2.88. The molecule has 0 atom stereocenters. The van der Waals surface area contributed by atoms with Crippen LogP contribution in [0, 0.1) is 0 Å². The monoisotopic (exact) mass is 265 g/mol. The van der Waals surface area contributed by atoms with Crippen molar-refractivity contribution in [2.24, 2.45) is 7.05 Å². The number of hydrogen-bond donors (Lipinski definition) is 0. The molecule has 1 aromatic rings. The first-order chi connectivity index (χ1) is 7.43. The number of halogens is 1. The smallest absolute Gasteiger partial charge is 0.296 e. The fraction of sp³-hybridized carbons (Fsp3) is 0.750. The average molecular weight is 266 g/mol. The summed E-state index contributed by atoms with van der Waals surface area (Å²) in [5.74, 6) is 0.849. The first-order valence-corrected chi connectivity index (χ1v) is 7.11. The highest BCUT2D eigenvalue weighted by molar-refractivity contribution is 8.13. The van der Waals surface area contributed by atoms with Gasteiger partial charge >= 0.3 is 0 Å². The predicted molar refractivity (Wildman–Crippen MR) is 56.8 cm³/mol. The molecule has 0 unspecified atom stereocenters. The SMILES string of the molecule is COC1CC(c2nnc(S(=O)(=O)Cl)n2C)C1. The molecule has 1 heterocycles. The molecular weight excluding hydrogens is 254 g/mol. The van der Waals surface area contributed by atoms with E-state index in [0.29, 0.717) is 5.82 Å². The molecule has 0 amide bonds. The molecule has 0 radical (unpaired) electrons. The lowest BCUT2D eigenvalue weighted by Crippen LogP contribution is -2.30. The Balaban J connectivity index is 2.23. The summed E-state index contributed by atoms with van der Waals surface area (Å²) in [7, 11) is 4.66. The van der Waals surface area contributed by atoms with Crippen LogP contribution in [0.15, 0.2) is 5.16 Å². The number of rotatable bonds is 3. The maximum atomic E-state index is 11.1. The Bertz CT molecular complexity index is 493. The highest BCUT2D eigenvalue weighted by Crippen LogP contribution is 2.37. The van der Waals surface area contributed by atoms with E-state index in [9.17, 15) is 8.42 Å². The molecule has 0 N–H and O–H groups in total. The second-order valence-electron chi connectivity index (χ2n) is 3.86. The number of ether oxygens (including phenoxy) is 1. The van der Waals surface area contributed by atoms with Crippen molar-refractivity contribution in [2.45, 2.75) is 30.0 Å². The molecule has 16 heavy (non-hydrogen) atoms. The van der Waals surface area contributed by atoms with Crippen molar-refractivity contribution in [3.8, 4) is 0 Å². The van der Waals surface area contributed by atoms with Crippen LogP contribution in [-0.4, -0.2) is 36.4 Å². The topological polar surface area (TPSA) is 74.1 Å². The van der Waals surface area contributed by atoms with E-state index in [1.54, 1.807) is 14.2 Å². The summed E-state index contributed by atoms with van der Waals surface area (Å²) in [4.78, 5) is 0. The minimum Gasteiger partial charge on any atom is -0.381 e. The number of hydrogen-bond acceptors (Lipinski definition) is 5. The second-order valence-corrected chi connectivity index (χ2v) is 6.32. The average Bonchev–Trinajstić information content (AvgIpc) is 2.45. The molecule has 0 aromatic carbocycles. The predicted octanol–water partition coefficient (Wildman–Crippen LogP) is 0.635. The van der Waals surface area contributed by atoms with Crippen LogP contribution in [0.2, 0.25) is 0 Å². The Morgan fingerprint density at radius 1 is 1.44 bits per heavy atom. The Kier molecular flexibility index (Phi) is 2.93. The van der Waals surface area contributed by atoms with Crippen molar-refractivity contribution in [2.75, 3.05) is 7.11 Å². The summed E-state index contributed by atoms with van der Waals surface area (Å²) in [5.41, 5.74) is 0. The van der Waals surface area contributed by atoms with Crippen LogP contribution in [0.5, 0.6) is 0 Å². The second kappa shape index (κ2) is 3.97. The van der Waals surface area contributed by atoms with E-state index in [-0.39, 0.29) is 17.2 Å². The van der Waals surface area contributed by atoms with E-state index in [1.165, 1.54) is 4.57 Å². The minimum atomic E-state index is -3.82. The summed E-state index contributed by atoms with van der Waals surface area (Å²) in [6.07, 6.45) is 1.91. The maximum Gasteiger partial charge on any atom is 0.296 e. The molecule has 90 valence electrons. The number of methoxy groups -OCH3 is 1. The molecular formula is C8H12ClN3O3S. The van der Waals surface area contributed by atoms with Gasteiger partial charge in [0, 0.05) is 30.8 Å². The van der Waals surface area contributed by atoms with Gasteiger partial charge in [-0.2, -0.15) is 0 Å². The van der Waals surface area contributed by atoms with Gasteiger partial charge in [0.1, 0.15) is 5.82 Å². The summed E-state index contributed by atoms with van der Waals surface area (Å²) in [6, 6.07) is 0. The van der Waals surface area contributed by atoms with Gasteiger partial charge in [-0.25, -0.2) is 8.42 Å². The van der Waals surface area contributed by atoms with Crippen LogP contribution in [0.1, 0.15) is 24.6 Å². The first-order valence-electron chi connectivity index (χ1n) is 4.80. The van der Waals surface area contributed by atoms with Crippen LogP contribution in [0.3, 0.4) is 0 Å². The molecule has 0 aliphatic heterocycles.